The first kappa shape index (κ1) is 8.29. The summed E-state index contributed by atoms with van der Waals surface area (Å²) in [5.74, 6) is -1.93. The minimum absolute atomic E-state index is 0.145. The summed E-state index contributed by atoms with van der Waals surface area (Å²) >= 11 is 0. The van der Waals surface area contributed by atoms with Crippen LogP contribution in [0.3, 0.4) is 0 Å². The number of fused-ring (bicyclic) bond motifs is 1. The van der Waals surface area contributed by atoms with Gasteiger partial charge in [0, 0.05) is 11.8 Å². The van der Waals surface area contributed by atoms with Crippen molar-refractivity contribution in [2.75, 3.05) is 6.61 Å². The number of aliphatic carboxylic acids is 1. The first-order chi connectivity index (χ1) is 6.15. The molecule has 0 bridgehead atoms. The van der Waals surface area contributed by atoms with Gasteiger partial charge in [-0.25, -0.2) is 0 Å². The number of cyclic esters (lactones) is 1. The molecule has 0 amide bonds. The third-order valence-electron chi connectivity index (χ3n) is 2.92. The van der Waals surface area contributed by atoms with Crippen LogP contribution in [-0.4, -0.2) is 23.7 Å². The Kier molecular flexibility index (Phi) is 1.49. The van der Waals surface area contributed by atoms with Crippen LogP contribution in [0.2, 0.25) is 0 Å². The van der Waals surface area contributed by atoms with E-state index in [4.69, 9.17) is 9.84 Å². The van der Waals surface area contributed by atoms with E-state index in [0.717, 1.165) is 0 Å². The van der Waals surface area contributed by atoms with Crippen molar-refractivity contribution in [1.29, 1.82) is 0 Å². The molecule has 2 rings (SSSR count). The highest BCUT2D eigenvalue weighted by Crippen LogP contribution is 2.64. The third-order valence-corrected chi connectivity index (χ3v) is 2.92. The number of carboxylic acid groups (broad SMARTS) is 1. The molecule has 70 valence electrons. The SMILES string of the molecule is C/C=C/[C@@H]1[C@H]2COC(=O)[C@@]12C(=O)O. The Bertz CT molecular complexity index is 307. The summed E-state index contributed by atoms with van der Waals surface area (Å²) in [4.78, 5) is 22.2. The Morgan fingerprint density at radius 2 is 2.46 bits per heavy atom. The largest absolute Gasteiger partial charge is 0.480 e. The molecule has 1 heterocycles. The first-order valence-electron chi connectivity index (χ1n) is 4.19. The van der Waals surface area contributed by atoms with E-state index in [9.17, 15) is 9.59 Å². The molecular weight excluding hydrogens is 172 g/mol. The summed E-state index contributed by atoms with van der Waals surface area (Å²) in [5, 5.41) is 8.95. The number of hydrogen-bond acceptors (Lipinski definition) is 3. The molecule has 1 saturated carbocycles. The van der Waals surface area contributed by atoms with E-state index in [1.165, 1.54) is 0 Å². The predicted molar refractivity (Wildman–Crippen MR) is 42.8 cm³/mol. The van der Waals surface area contributed by atoms with Crippen LogP contribution in [0.25, 0.3) is 0 Å². The molecule has 1 aliphatic carbocycles. The molecule has 1 N–H and O–H groups in total. The average Bonchev–Trinajstić information content (AvgIpc) is 2.57. The highest BCUT2D eigenvalue weighted by molar-refractivity contribution is 6.05. The van der Waals surface area contributed by atoms with Gasteiger partial charge in [0.05, 0.1) is 6.61 Å². The standard InChI is InChI=1S/C9H10O4/c1-2-3-5-6-4-13-8(12)9(5,6)7(10)11/h2-3,5-6H,4H2,1H3,(H,10,11)/b3-2+/t5-,6-,9+/m1/s1. The molecule has 0 spiro atoms. The Morgan fingerprint density at radius 1 is 1.77 bits per heavy atom. The van der Waals surface area contributed by atoms with Crippen molar-refractivity contribution in [1.82, 2.24) is 0 Å². The van der Waals surface area contributed by atoms with Crippen molar-refractivity contribution in [2.24, 2.45) is 17.3 Å². The van der Waals surface area contributed by atoms with Crippen LogP contribution in [0.1, 0.15) is 6.92 Å². The third kappa shape index (κ3) is 0.753. The second-order valence-electron chi connectivity index (χ2n) is 3.43. The number of hydrogen-bond donors (Lipinski definition) is 1. The van der Waals surface area contributed by atoms with Gasteiger partial charge in [-0.05, 0) is 6.92 Å². The number of rotatable bonds is 2. The molecule has 3 atom stereocenters. The Balaban J connectivity index is 2.32. The van der Waals surface area contributed by atoms with E-state index in [2.05, 4.69) is 0 Å². The first-order valence-corrected chi connectivity index (χ1v) is 4.19. The van der Waals surface area contributed by atoms with Crippen molar-refractivity contribution in [3.63, 3.8) is 0 Å². The lowest BCUT2D eigenvalue weighted by atomic mass is 10.0. The van der Waals surface area contributed by atoms with Crippen LogP contribution >= 0.6 is 0 Å². The van der Waals surface area contributed by atoms with Gasteiger partial charge in [-0.1, -0.05) is 12.2 Å². The van der Waals surface area contributed by atoms with E-state index < -0.39 is 17.4 Å². The fourth-order valence-electron chi connectivity index (χ4n) is 2.18. The monoisotopic (exact) mass is 182 g/mol. The van der Waals surface area contributed by atoms with Gasteiger partial charge in [-0.2, -0.15) is 0 Å². The second-order valence-corrected chi connectivity index (χ2v) is 3.43. The summed E-state index contributed by atoms with van der Waals surface area (Å²) in [7, 11) is 0. The van der Waals surface area contributed by atoms with Crippen molar-refractivity contribution < 1.29 is 19.4 Å². The molecule has 2 fully saturated rings. The maximum Gasteiger partial charge on any atom is 0.324 e. The van der Waals surface area contributed by atoms with Gasteiger partial charge in [-0.3, -0.25) is 9.59 Å². The number of carboxylic acids is 1. The number of carbonyl (C=O) groups is 2. The van der Waals surface area contributed by atoms with Gasteiger partial charge in [0.15, 0.2) is 5.41 Å². The van der Waals surface area contributed by atoms with E-state index in [1.807, 2.05) is 6.92 Å². The van der Waals surface area contributed by atoms with Crippen LogP contribution in [0.4, 0.5) is 0 Å². The molecule has 0 unspecified atom stereocenters. The molecule has 2 aliphatic rings. The Morgan fingerprint density at radius 3 is 2.92 bits per heavy atom. The van der Waals surface area contributed by atoms with E-state index in [-0.39, 0.29) is 18.4 Å². The number of ether oxygens (including phenoxy) is 1. The van der Waals surface area contributed by atoms with Gasteiger partial charge in [-0.15, -0.1) is 0 Å². The average molecular weight is 182 g/mol. The zero-order valence-corrected chi connectivity index (χ0v) is 7.19. The molecule has 1 saturated heterocycles. The highest BCUT2D eigenvalue weighted by atomic mass is 16.5. The van der Waals surface area contributed by atoms with Crippen LogP contribution in [0.5, 0.6) is 0 Å². The number of allylic oxidation sites excluding steroid dienone is 2. The van der Waals surface area contributed by atoms with Crippen molar-refractivity contribution in [3.8, 4) is 0 Å². The van der Waals surface area contributed by atoms with Crippen molar-refractivity contribution in [2.45, 2.75) is 6.92 Å². The van der Waals surface area contributed by atoms with Crippen molar-refractivity contribution >= 4 is 11.9 Å². The lowest BCUT2D eigenvalue weighted by molar-refractivity contribution is -0.156. The lowest BCUT2D eigenvalue weighted by Crippen LogP contribution is -2.26. The molecule has 4 heteroatoms. The zero-order chi connectivity index (χ0) is 9.64. The highest BCUT2D eigenvalue weighted by Gasteiger charge is 2.78. The molecule has 0 aromatic rings. The second kappa shape index (κ2) is 2.34. The van der Waals surface area contributed by atoms with Gasteiger partial charge >= 0.3 is 11.9 Å². The molecule has 13 heavy (non-hydrogen) atoms. The fourth-order valence-corrected chi connectivity index (χ4v) is 2.18. The molecule has 0 radical (unpaired) electrons. The molecular formula is C9H10O4. The summed E-state index contributed by atoms with van der Waals surface area (Å²) in [6.07, 6.45) is 3.56. The molecule has 1 aliphatic heterocycles. The van der Waals surface area contributed by atoms with E-state index >= 15 is 0 Å². The van der Waals surface area contributed by atoms with Crippen molar-refractivity contribution in [3.05, 3.63) is 12.2 Å². The Labute approximate surface area is 75.2 Å². The Hall–Kier alpha value is -1.32. The zero-order valence-electron chi connectivity index (χ0n) is 7.19. The maximum absolute atomic E-state index is 11.2. The van der Waals surface area contributed by atoms with E-state index in [0.29, 0.717) is 0 Å². The van der Waals surface area contributed by atoms with Crippen LogP contribution in [0, 0.1) is 17.3 Å². The topological polar surface area (TPSA) is 63.6 Å². The van der Waals surface area contributed by atoms with Crippen LogP contribution in [-0.2, 0) is 14.3 Å². The van der Waals surface area contributed by atoms with Gasteiger partial charge in [0.1, 0.15) is 0 Å². The summed E-state index contributed by atoms with van der Waals surface area (Å²) in [5.41, 5.74) is -1.24. The molecule has 0 aromatic carbocycles. The van der Waals surface area contributed by atoms with E-state index in [1.54, 1.807) is 12.2 Å². The van der Waals surface area contributed by atoms with Crippen LogP contribution in [0.15, 0.2) is 12.2 Å². The predicted octanol–water partition coefficient (Wildman–Crippen LogP) is 0.436. The summed E-state index contributed by atoms with van der Waals surface area (Å²) < 4.78 is 4.70. The molecule has 0 aromatic heterocycles. The minimum Gasteiger partial charge on any atom is -0.480 e. The number of esters is 1. The number of carbonyl (C=O) groups excluding carboxylic acids is 1. The van der Waals surface area contributed by atoms with Crippen LogP contribution < -0.4 is 0 Å². The lowest BCUT2D eigenvalue weighted by Gasteiger charge is -2.04. The summed E-state index contributed by atoms with van der Waals surface area (Å²) in [6, 6.07) is 0. The minimum atomic E-state index is -1.24. The summed E-state index contributed by atoms with van der Waals surface area (Å²) in [6.45, 7) is 2.06. The maximum atomic E-state index is 11.2. The molecule has 4 nitrogen and oxygen atoms in total. The smallest absolute Gasteiger partial charge is 0.324 e. The fraction of sp³-hybridized carbons (Fsp3) is 0.556. The van der Waals surface area contributed by atoms with Gasteiger partial charge in [0.2, 0.25) is 0 Å². The van der Waals surface area contributed by atoms with Gasteiger partial charge in [0.25, 0.3) is 0 Å². The quantitative estimate of drug-likeness (QED) is 0.382. The van der Waals surface area contributed by atoms with Gasteiger partial charge < -0.3 is 9.84 Å². The normalized spacial score (nSPS) is 41.8.